The summed E-state index contributed by atoms with van der Waals surface area (Å²) in [4.78, 5) is 32.5. The van der Waals surface area contributed by atoms with E-state index in [1.165, 1.54) is 19.9 Å². The van der Waals surface area contributed by atoms with Crippen molar-refractivity contribution in [3.8, 4) is 0 Å². The van der Waals surface area contributed by atoms with Gasteiger partial charge in [0.25, 0.3) is 0 Å². The molecule has 2 N–H and O–H groups in total. The molecule has 2 aromatic rings. The molecule has 0 unspecified atom stereocenters. The lowest BCUT2D eigenvalue weighted by atomic mass is 10.0. The van der Waals surface area contributed by atoms with Crippen molar-refractivity contribution in [1.29, 1.82) is 0 Å². The van der Waals surface area contributed by atoms with E-state index >= 15 is 0 Å². The van der Waals surface area contributed by atoms with Crippen molar-refractivity contribution in [2.24, 2.45) is 4.99 Å². The first-order valence-corrected chi connectivity index (χ1v) is 8.54. The number of carboxylic acid groups (broad SMARTS) is 1. The van der Waals surface area contributed by atoms with E-state index in [4.69, 9.17) is 9.52 Å². The zero-order valence-corrected chi connectivity index (χ0v) is 14.8. The summed E-state index contributed by atoms with van der Waals surface area (Å²) in [5, 5.41) is 12.2. The van der Waals surface area contributed by atoms with Gasteiger partial charge in [-0.3, -0.25) is 9.78 Å². The molecule has 7 heteroatoms. The Labute approximate surface area is 150 Å². The Morgan fingerprint density at radius 2 is 2.12 bits per heavy atom. The summed E-state index contributed by atoms with van der Waals surface area (Å²) in [6, 6.07) is 1.81. The van der Waals surface area contributed by atoms with Crippen LogP contribution in [0.4, 0.5) is 5.88 Å². The van der Waals surface area contributed by atoms with Crippen molar-refractivity contribution in [2.45, 2.75) is 38.5 Å². The highest BCUT2D eigenvalue weighted by Crippen LogP contribution is 2.34. The molecule has 7 nitrogen and oxygen atoms in total. The fraction of sp³-hybridized carbons (Fsp3) is 0.368. The Morgan fingerprint density at radius 3 is 2.73 bits per heavy atom. The minimum atomic E-state index is -1.21. The molecule has 0 radical (unpaired) electrons. The topological polar surface area (TPSA) is 105 Å². The molecule has 1 aliphatic rings. The number of nitrogens with one attached hydrogen (secondary N) is 1. The third-order valence-corrected chi connectivity index (χ3v) is 4.77. The van der Waals surface area contributed by atoms with Gasteiger partial charge in [-0.1, -0.05) is 19.4 Å². The highest BCUT2D eigenvalue weighted by atomic mass is 16.4. The fourth-order valence-electron chi connectivity index (χ4n) is 3.23. The third kappa shape index (κ3) is 3.24. The van der Waals surface area contributed by atoms with Crippen LogP contribution in [0.2, 0.25) is 0 Å². The van der Waals surface area contributed by atoms with Gasteiger partial charge in [0.15, 0.2) is 11.0 Å². The number of fused-ring (bicyclic) bond motifs is 1. The molecule has 136 valence electrons. The van der Waals surface area contributed by atoms with E-state index < -0.39 is 5.97 Å². The lowest BCUT2D eigenvalue weighted by molar-refractivity contribution is -0.132. The number of nitrogens with zero attached hydrogens (tertiary/aromatic N) is 2. The van der Waals surface area contributed by atoms with Crippen molar-refractivity contribution in [3.63, 3.8) is 0 Å². The predicted octanol–water partition coefficient (Wildman–Crippen LogP) is 3.04. The molecule has 1 aliphatic carbocycles. The molecular weight excluding hydrogens is 334 g/mol. The van der Waals surface area contributed by atoms with Crippen molar-refractivity contribution in [2.75, 3.05) is 7.05 Å². The average molecular weight is 355 g/mol. The van der Waals surface area contributed by atoms with Crippen LogP contribution in [0, 0.1) is 6.92 Å². The number of carbonyl (C=O) groups is 1. The average Bonchev–Trinajstić information content (AvgIpc) is 3.17. The quantitative estimate of drug-likeness (QED) is 0.496. The van der Waals surface area contributed by atoms with Gasteiger partial charge in [-0.05, 0) is 25.8 Å². The van der Waals surface area contributed by atoms with Crippen molar-refractivity contribution in [3.05, 3.63) is 45.9 Å². The van der Waals surface area contributed by atoms with E-state index in [1.807, 2.05) is 6.07 Å². The van der Waals surface area contributed by atoms with Gasteiger partial charge in [0.2, 0.25) is 5.88 Å². The number of pyridine rings is 1. The smallest absolute Gasteiger partial charge is 0.338 e. The van der Waals surface area contributed by atoms with E-state index in [2.05, 4.69) is 21.9 Å². The van der Waals surface area contributed by atoms with E-state index in [-0.39, 0.29) is 22.7 Å². The molecule has 0 bridgehead atoms. The molecule has 1 saturated carbocycles. The maximum Gasteiger partial charge on any atom is 0.338 e. The van der Waals surface area contributed by atoms with Crippen LogP contribution in [-0.4, -0.2) is 28.9 Å². The maximum atomic E-state index is 12.8. The molecule has 1 fully saturated rings. The monoisotopic (exact) mass is 355 g/mol. The van der Waals surface area contributed by atoms with Gasteiger partial charge in [0, 0.05) is 18.7 Å². The standard InChI is InChI=1S/C19H21N3O4/c1-10-16(23)13-8-14(12-6-4-5-7-12)21-9-15(13)26-18(10)22-17(20-3)11(2)19(24)25/h8-9,12H,2,4-7H2,1,3H3,(H,20,22)(H,24,25). The second-order valence-electron chi connectivity index (χ2n) is 6.44. The first-order chi connectivity index (χ1) is 12.4. The Balaban J connectivity index is 2.10. The van der Waals surface area contributed by atoms with Crippen molar-refractivity contribution in [1.82, 2.24) is 10.3 Å². The number of hydrogen-bond donors (Lipinski definition) is 2. The molecule has 2 heterocycles. The van der Waals surface area contributed by atoms with Gasteiger partial charge >= 0.3 is 5.97 Å². The lowest BCUT2D eigenvalue weighted by Crippen LogP contribution is -2.24. The van der Waals surface area contributed by atoms with E-state index in [9.17, 15) is 9.59 Å². The molecule has 0 spiro atoms. The van der Waals surface area contributed by atoms with Crippen LogP contribution in [0.25, 0.3) is 11.0 Å². The van der Waals surface area contributed by atoms with E-state index in [1.54, 1.807) is 13.1 Å². The van der Waals surface area contributed by atoms with Crippen LogP contribution in [0.5, 0.6) is 0 Å². The van der Waals surface area contributed by atoms with Gasteiger partial charge in [0.05, 0.1) is 22.7 Å². The van der Waals surface area contributed by atoms with Crippen molar-refractivity contribution >= 4 is 28.7 Å². The summed E-state index contributed by atoms with van der Waals surface area (Å²) in [6.07, 6.45) is 6.10. The number of amidine groups is 1. The van der Waals surface area contributed by atoms with Crippen molar-refractivity contribution < 1.29 is 14.3 Å². The molecule has 0 aliphatic heterocycles. The molecule has 0 aromatic carbocycles. The molecule has 3 rings (SSSR count). The summed E-state index contributed by atoms with van der Waals surface area (Å²) < 4.78 is 5.73. The first-order valence-electron chi connectivity index (χ1n) is 8.54. The number of aliphatic carboxylic acids is 1. The predicted molar refractivity (Wildman–Crippen MR) is 99.2 cm³/mol. The SMILES string of the molecule is C=C(C(=O)O)/C(=N\c1oc2cnc(C3CCCC3)cc2c(=O)c1C)NC. The summed E-state index contributed by atoms with van der Waals surface area (Å²) in [7, 11) is 1.52. The lowest BCUT2D eigenvalue weighted by Gasteiger charge is -2.10. The van der Waals surface area contributed by atoms with Gasteiger partial charge in [-0.25, -0.2) is 4.79 Å². The molecule has 0 amide bonds. The largest absolute Gasteiger partial charge is 0.478 e. The minimum absolute atomic E-state index is 0.0265. The summed E-state index contributed by atoms with van der Waals surface area (Å²) in [5.41, 5.74) is 1.16. The Morgan fingerprint density at radius 1 is 1.42 bits per heavy atom. The zero-order chi connectivity index (χ0) is 18.8. The van der Waals surface area contributed by atoms with Crippen LogP contribution in [0.3, 0.4) is 0 Å². The summed E-state index contributed by atoms with van der Waals surface area (Å²) in [5.74, 6) is -0.739. The zero-order valence-electron chi connectivity index (χ0n) is 14.8. The summed E-state index contributed by atoms with van der Waals surface area (Å²) in [6.45, 7) is 5.07. The highest BCUT2D eigenvalue weighted by Gasteiger charge is 2.20. The Kier molecular flexibility index (Phi) is 4.88. The van der Waals surface area contributed by atoms with Crippen LogP contribution in [0.15, 0.2) is 38.6 Å². The number of aliphatic imine (C=N–C) groups is 1. The van der Waals surface area contributed by atoms with Crippen LogP contribution in [0.1, 0.15) is 42.9 Å². The van der Waals surface area contributed by atoms with Gasteiger partial charge < -0.3 is 14.8 Å². The van der Waals surface area contributed by atoms with E-state index in [0.717, 1.165) is 18.5 Å². The maximum absolute atomic E-state index is 12.8. The molecule has 2 aromatic heterocycles. The minimum Gasteiger partial charge on any atom is -0.478 e. The number of aromatic nitrogens is 1. The van der Waals surface area contributed by atoms with Crippen LogP contribution < -0.4 is 10.7 Å². The van der Waals surface area contributed by atoms with Crippen LogP contribution >= 0.6 is 0 Å². The van der Waals surface area contributed by atoms with Crippen LogP contribution in [-0.2, 0) is 4.79 Å². The highest BCUT2D eigenvalue weighted by molar-refractivity contribution is 6.18. The second kappa shape index (κ2) is 7.11. The number of hydrogen-bond acceptors (Lipinski definition) is 5. The molecule has 0 saturated heterocycles. The molecular formula is C19H21N3O4. The van der Waals surface area contributed by atoms with Gasteiger partial charge in [0.1, 0.15) is 5.84 Å². The molecule has 26 heavy (non-hydrogen) atoms. The Bertz CT molecular complexity index is 969. The second-order valence-corrected chi connectivity index (χ2v) is 6.44. The van der Waals surface area contributed by atoms with E-state index in [0.29, 0.717) is 22.5 Å². The van der Waals surface area contributed by atoms with Gasteiger partial charge in [-0.2, -0.15) is 4.99 Å². The fourth-order valence-corrected chi connectivity index (χ4v) is 3.23. The normalized spacial score (nSPS) is 15.4. The number of rotatable bonds is 4. The Hall–Kier alpha value is -2.96. The third-order valence-electron chi connectivity index (χ3n) is 4.77. The first kappa shape index (κ1) is 17.8. The van der Waals surface area contributed by atoms with Gasteiger partial charge in [-0.15, -0.1) is 0 Å². The molecule has 0 atom stereocenters. The number of likely N-dealkylation sites (N-methyl/N-ethyl adjacent to an activating group) is 1. The number of carboxylic acids is 1. The summed E-state index contributed by atoms with van der Waals surface area (Å²) >= 11 is 0.